The van der Waals surface area contributed by atoms with Gasteiger partial charge in [-0.2, -0.15) is 0 Å². The summed E-state index contributed by atoms with van der Waals surface area (Å²) < 4.78 is 5.88. The summed E-state index contributed by atoms with van der Waals surface area (Å²) >= 11 is 3.48. The maximum Gasteiger partial charge on any atom is 0.189 e. The molecule has 2 aromatic rings. The van der Waals surface area contributed by atoms with Crippen LogP contribution in [0.4, 0.5) is 0 Å². The molecule has 0 amide bonds. The van der Waals surface area contributed by atoms with E-state index in [0.29, 0.717) is 12.2 Å². The van der Waals surface area contributed by atoms with Crippen molar-refractivity contribution in [1.82, 2.24) is 0 Å². The minimum atomic E-state index is 0.0582. The molecule has 4 heteroatoms. The van der Waals surface area contributed by atoms with Gasteiger partial charge in [0, 0.05) is 15.6 Å². The smallest absolute Gasteiger partial charge is 0.189 e. The Kier molecular flexibility index (Phi) is 4.50. The number of halogens is 1. The molecule has 0 atom stereocenters. The first-order valence-corrected chi connectivity index (χ1v) is 8.62. The summed E-state index contributed by atoms with van der Waals surface area (Å²) in [6.45, 7) is 4.07. The van der Waals surface area contributed by atoms with Gasteiger partial charge >= 0.3 is 0 Å². The van der Waals surface area contributed by atoms with Crippen molar-refractivity contribution in [3.8, 4) is 11.5 Å². The Labute approximate surface area is 150 Å². The maximum atomic E-state index is 12.9. The molecule has 3 rings (SSSR count). The van der Waals surface area contributed by atoms with Gasteiger partial charge in [-0.25, -0.2) is 0 Å². The first-order valence-electron chi connectivity index (χ1n) is 7.82. The lowest BCUT2D eigenvalue weighted by Gasteiger charge is -2.20. The largest absolute Gasteiger partial charge is 0.504 e. The van der Waals surface area contributed by atoms with Gasteiger partial charge < -0.3 is 9.84 Å². The number of fused-ring (bicyclic) bond motifs is 1. The highest BCUT2D eigenvalue weighted by Crippen LogP contribution is 2.35. The molecule has 0 radical (unpaired) electrons. The van der Waals surface area contributed by atoms with Crippen LogP contribution in [0, 0.1) is 13.8 Å². The Morgan fingerprint density at radius 1 is 1.17 bits per heavy atom. The SMILES string of the molecule is COc1cc(Br)c(C=C2CCc3c(C)cc(C)cc3C2=O)cc1O. The van der Waals surface area contributed by atoms with E-state index in [1.807, 2.05) is 19.1 Å². The van der Waals surface area contributed by atoms with Gasteiger partial charge in [-0.15, -0.1) is 0 Å². The summed E-state index contributed by atoms with van der Waals surface area (Å²) in [4.78, 5) is 12.9. The standard InChI is InChI=1S/C20H19BrO3/c1-11-6-12(2)15-5-4-13(20(23)16(15)7-11)8-14-9-18(22)19(24-3)10-17(14)21/h6-10,22H,4-5H2,1-3H3. The quantitative estimate of drug-likeness (QED) is 0.739. The molecule has 124 valence electrons. The predicted octanol–water partition coefficient (Wildman–Crippen LogP) is 4.99. The first kappa shape index (κ1) is 16.8. The second-order valence-electron chi connectivity index (χ2n) is 6.15. The van der Waals surface area contributed by atoms with Gasteiger partial charge in [0.2, 0.25) is 0 Å². The molecule has 1 aliphatic rings. The fourth-order valence-corrected chi connectivity index (χ4v) is 3.67. The third-order valence-corrected chi connectivity index (χ3v) is 5.11. The minimum absolute atomic E-state index is 0.0582. The lowest BCUT2D eigenvalue weighted by atomic mass is 9.83. The molecule has 24 heavy (non-hydrogen) atoms. The number of rotatable bonds is 2. The molecule has 0 saturated heterocycles. The number of phenols is 1. The number of ketones is 1. The van der Waals surface area contributed by atoms with Crippen LogP contribution in [0.3, 0.4) is 0 Å². The van der Waals surface area contributed by atoms with Crippen LogP contribution in [0.15, 0.2) is 34.3 Å². The van der Waals surface area contributed by atoms with Crippen molar-refractivity contribution in [3.63, 3.8) is 0 Å². The Hall–Kier alpha value is -2.07. The van der Waals surface area contributed by atoms with E-state index < -0.39 is 0 Å². The number of hydrogen-bond donors (Lipinski definition) is 1. The number of carbonyl (C=O) groups is 1. The van der Waals surface area contributed by atoms with Crippen LogP contribution in [0.2, 0.25) is 0 Å². The van der Waals surface area contributed by atoms with E-state index in [-0.39, 0.29) is 11.5 Å². The summed E-state index contributed by atoms with van der Waals surface area (Å²) in [5.74, 6) is 0.531. The average Bonchev–Trinajstić information content (AvgIpc) is 2.53. The van der Waals surface area contributed by atoms with Gasteiger partial charge in [-0.1, -0.05) is 27.6 Å². The topological polar surface area (TPSA) is 46.5 Å². The fraction of sp³-hybridized carbons (Fsp3) is 0.250. The van der Waals surface area contributed by atoms with Crippen molar-refractivity contribution < 1.29 is 14.6 Å². The van der Waals surface area contributed by atoms with Crippen LogP contribution in [0.1, 0.15) is 39.0 Å². The van der Waals surface area contributed by atoms with E-state index in [2.05, 4.69) is 28.9 Å². The number of ether oxygens (including phenoxy) is 1. The van der Waals surface area contributed by atoms with Crippen LogP contribution < -0.4 is 4.74 Å². The molecule has 0 saturated carbocycles. The normalized spacial score (nSPS) is 15.5. The molecule has 1 N–H and O–H groups in total. The third-order valence-electron chi connectivity index (χ3n) is 4.43. The van der Waals surface area contributed by atoms with Crippen LogP contribution >= 0.6 is 15.9 Å². The second-order valence-corrected chi connectivity index (χ2v) is 7.01. The number of hydrogen-bond acceptors (Lipinski definition) is 3. The van der Waals surface area contributed by atoms with E-state index in [1.54, 1.807) is 12.1 Å². The summed E-state index contributed by atoms with van der Waals surface area (Å²) in [6.07, 6.45) is 3.42. The number of phenolic OH excluding ortho intramolecular Hbond substituents is 1. The summed E-state index contributed by atoms with van der Waals surface area (Å²) in [5, 5.41) is 9.98. The second kappa shape index (κ2) is 6.44. The molecular formula is C20H19BrO3. The number of methoxy groups -OCH3 is 1. The van der Waals surface area contributed by atoms with E-state index in [1.165, 1.54) is 12.7 Å². The molecule has 3 nitrogen and oxygen atoms in total. The lowest BCUT2D eigenvalue weighted by molar-refractivity contribution is 0.102. The van der Waals surface area contributed by atoms with Crippen molar-refractivity contribution in [2.75, 3.05) is 7.11 Å². The third kappa shape index (κ3) is 2.98. The van der Waals surface area contributed by atoms with Crippen LogP contribution in [0.5, 0.6) is 11.5 Å². The molecule has 2 aromatic carbocycles. The molecule has 0 heterocycles. The van der Waals surface area contributed by atoms with Crippen LogP contribution in [0.25, 0.3) is 6.08 Å². The highest BCUT2D eigenvalue weighted by Gasteiger charge is 2.23. The van der Waals surface area contributed by atoms with E-state index in [4.69, 9.17) is 4.74 Å². The highest BCUT2D eigenvalue weighted by atomic mass is 79.9. The molecule has 0 unspecified atom stereocenters. The zero-order valence-corrected chi connectivity index (χ0v) is 15.5. The van der Waals surface area contributed by atoms with Crippen LogP contribution in [-0.4, -0.2) is 18.0 Å². The van der Waals surface area contributed by atoms with Crippen molar-refractivity contribution in [1.29, 1.82) is 0 Å². The van der Waals surface area contributed by atoms with E-state index in [9.17, 15) is 9.90 Å². The molecule has 0 aromatic heterocycles. The average molecular weight is 387 g/mol. The van der Waals surface area contributed by atoms with Gasteiger partial charge in [0.25, 0.3) is 0 Å². The molecule has 0 spiro atoms. The zero-order valence-electron chi connectivity index (χ0n) is 13.9. The van der Waals surface area contributed by atoms with Gasteiger partial charge in [-0.05, 0) is 67.7 Å². The Morgan fingerprint density at radius 3 is 2.62 bits per heavy atom. The summed E-state index contributed by atoms with van der Waals surface area (Å²) in [6, 6.07) is 7.41. The summed E-state index contributed by atoms with van der Waals surface area (Å²) in [5.41, 5.74) is 5.77. The number of carbonyl (C=O) groups excluding carboxylic acids is 1. The van der Waals surface area contributed by atoms with Gasteiger partial charge in [0.1, 0.15) is 0 Å². The van der Waals surface area contributed by atoms with Crippen molar-refractivity contribution in [2.24, 2.45) is 0 Å². The number of benzene rings is 2. The minimum Gasteiger partial charge on any atom is -0.504 e. The number of aromatic hydroxyl groups is 1. The molecule has 0 aliphatic heterocycles. The zero-order chi connectivity index (χ0) is 17.4. The number of aryl methyl sites for hydroxylation is 2. The van der Waals surface area contributed by atoms with Gasteiger partial charge in [0.15, 0.2) is 17.3 Å². The van der Waals surface area contributed by atoms with Crippen molar-refractivity contribution in [3.05, 3.63) is 62.1 Å². The van der Waals surface area contributed by atoms with Crippen molar-refractivity contribution in [2.45, 2.75) is 26.7 Å². The van der Waals surface area contributed by atoms with Gasteiger partial charge in [-0.3, -0.25) is 4.79 Å². The first-order chi connectivity index (χ1) is 11.4. The molecule has 0 bridgehead atoms. The van der Waals surface area contributed by atoms with Crippen molar-refractivity contribution >= 4 is 27.8 Å². The summed E-state index contributed by atoms with van der Waals surface area (Å²) in [7, 11) is 1.51. The Bertz CT molecular complexity index is 866. The fourth-order valence-electron chi connectivity index (χ4n) is 3.24. The van der Waals surface area contributed by atoms with E-state index >= 15 is 0 Å². The predicted molar refractivity (Wildman–Crippen MR) is 98.9 cm³/mol. The number of Topliss-reactive ketones (excluding diaryl/α,β-unsaturated/α-hetero) is 1. The van der Waals surface area contributed by atoms with Crippen LogP contribution in [-0.2, 0) is 6.42 Å². The highest BCUT2D eigenvalue weighted by molar-refractivity contribution is 9.10. The molecule has 0 fully saturated rings. The van der Waals surface area contributed by atoms with E-state index in [0.717, 1.165) is 38.7 Å². The molecular weight excluding hydrogens is 368 g/mol. The Balaban J connectivity index is 2.04. The molecule has 1 aliphatic carbocycles. The monoisotopic (exact) mass is 386 g/mol. The lowest BCUT2D eigenvalue weighted by Crippen LogP contribution is -2.15. The van der Waals surface area contributed by atoms with Gasteiger partial charge in [0.05, 0.1) is 7.11 Å². The maximum absolute atomic E-state index is 12.9. The Morgan fingerprint density at radius 2 is 1.92 bits per heavy atom. The number of allylic oxidation sites excluding steroid dienone is 1.